The Balaban J connectivity index is 1.89. The second-order valence-electron chi connectivity index (χ2n) is 8.18. The quantitative estimate of drug-likeness (QED) is 0.218. The summed E-state index contributed by atoms with van der Waals surface area (Å²) in [4.78, 5) is 13.3. The van der Waals surface area contributed by atoms with Crippen LogP contribution in [0.3, 0.4) is 0 Å². The van der Waals surface area contributed by atoms with Gasteiger partial charge in [-0.25, -0.2) is 8.42 Å². The van der Waals surface area contributed by atoms with E-state index < -0.39 is 62.4 Å². The maximum absolute atomic E-state index is 13.9. The molecule has 1 aromatic heterocycles. The van der Waals surface area contributed by atoms with Gasteiger partial charge in [-0.05, 0) is 60.2 Å². The van der Waals surface area contributed by atoms with Crippen molar-refractivity contribution < 1.29 is 49.4 Å². The standard InChI is InChI=1S/C24H15ClF6N2O5S/c25-12-1-4-14(5-2-12)39(36,37)19-10-33-18-6-3-13(9-15(18)19)38-21-16(23(26,27)28)7-11(20(32)22(34)35)8-17(21)24(29,30)31/h1-10,20,33H,32H2,(H,34,35)/t20-/m0/s1. The number of nitrogens with two attached hydrogens (primary N) is 1. The molecule has 0 saturated carbocycles. The summed E-state index contributed by atoms with van der Waals surface area (Å²) in [5, 5.41) is 9.21. The van der Waals surface area contributed by atoms with E-state index in [0.717, 1.165) is 18.3 Å². The first-order valence-corrected chi connectivity index (χ1v) is 12.5. The summed E-state index contributed by atoms with van der Waals surface area (Å²) in [7, 11) is -4.19. The molecule has 0 spiro atoms. The van der Waals surface area contributed by atoms with E-state index in [1.807, 2.05) is 0 Å². The Hall–Kier alpha value is -3.75. The van der Waals surface area contributed by atoms with Crippen molar-refractivity contribution in [2.45, 2.75) is 28.2 Å². The number of fused-ring (bicyclic) bond motifs is 1. The van der Waals surface area contributed by atoms with Crippen molar-refractivity contribution in [3.05, 3.63) is 82.5 Å². The molecule has 4 aromatic rings. The van der Waals surface area contributed by atoms with E-state index in [2.05, 4.69) is 4.98 Å². The molecular formula is C24H15ClF6N2O5S. The molecular weight excluding hydrogens is 578 g/mol. The van der Waals surface area contributed by atoms with E-state index in [-0.39, 0.29) is 37.8 Å². The van der Waals surface area contributed by atoms with Crippen LogP contribution in [0.2, 0.25) is 5.02 Å². The second kappa shape index (κ2) is 9.77. The van der Waals surface area contributed by atoms with Crippen molar-refractivity contribution in [3.8, 4) is 11.5 Å². The summed E-state index contributed by atoms with van der Waals surface area (Å²) in [6.45, 7) is 0. The largest absolute Gasteiger partial charge is 0.480 e. The van der Waals surface area contributed by atoms with Crippen molar-refractivity contribution in [1.82, 2.24) is 4.98 Å². The van der Waals surface area contributed by atoms with E-state index in [1.54, 1.807) is 0 Å². The molecule has 0 aliphatic carbocycles. The average Bonchev–Trinajstić information content (AvgIpc) is 3.26. The van der Waals surface area contributed by atoms with Crippen LogP contribution in [0, 0.1) is 0 Å². The number of aliphatic carboxylic acids is 1. The van der Waals surface area contributed by atoms with Gasteiger partial charge < -0.3 is 20.6 Å². The number of carboxylic acids is 1. The van der Waals surface area contributed by atoms with Crippen LogP contribution >= 0.6 is 11.6 Å². The first-order chi connectivity index (χ1) is 18.0. The smallest absolute Gasteiger partial charge is 0.420 e. The summed E-state index contributed by atoms with van der Waals surface area (Å²) < 4.78 is 115. The topological polar surface area (TPSA) is 122 Å². The number of rotatable bonds is 6. The highest BCUT2D eigenvalue weighted by Crippen LogP contribution is 2.47. The molecule has 0 unspecified atom stereocenters. The number of hydrogen-bond donors (Lipinski definition) is 3. The second-order valence-corrected chi connectivity index (χ2v) is 10.5. The highest BCUT2D eigenvalue weighted by atomic mass is 35.5. The van der Waals surface area contributed by atoms with E-state index in [4.69, 9.17) is 27.2 Å². The number of nitrogens with one attached hydrogen (secondary N) is 1. The van der Waals surface area contributed by atoms with E-state index in [9.17, 15) is 39.6 Å². The molecule has 4 N–H and O–H groups in total. The lowest BCUT2D eigenvalue weighted by molar-refractivity contribution is -0.146. The monoisotopic (exact) mass is 592 g/mol. The van der Waals surface area contributed by atoms with Crippen molar-refractivity contribution in [2.24, 2.45) is 5.73 Å². The summed E-state index contributed by atoms with van der Waals surface area (Å²) >= 11 is 5.80. The Morgan fingerprint density at radius 2 is 1.51 bits per heavy atom. The summed E-state index contributed by atoms with van der Waals surface area (Å²) in [5.41, 5.74) is 0.685. The third-order valence-electron chi connectivity index (χ3n) is 5.60. The lowest BCUT2D eigenvalue weighted by atomic mass is 9.98. The van der Waals surface area contributed by atoms with Gasteiger partial charge in [0.2, 0.25) is 9.84 Å². The predicted molar refractivity (Wildman–Crippen MR) is 126 cm³/mol. The molecule has 7 nitrogen and oxygen atoms in total. The van der Waals surface area contributed by atoms with Crippen LogP contribution in [-0.2, 0) is 27.0 Å². The van der Waals surface area contributed by atoms with Crippen LogP contribution in [0.15, 0.2) is 70.6 Å². The molecule has 0 radical (unpaired) electrons. The van der Waals surface area contributed by atoms with Gasteiger partial charge in [-0.3, -0.25) is 4.79 Å². The fourth-order valence-corrected chi connectivity index (χ4v) is 5.27. The SMILES string of the molecule is N[C@H](C(=O)O)c1cc(C(F)(F)F)c(Oc2ccc3[nH]cc(S(=O)(=O)c4ccc(Cl)cc4)c3c2)c(C(F)(F)F)c1. The highest BCUT2D eigenvalue weighted by Gasteiger charge is 2.43. The average molecular weight is 593 g/mol. The Morgan fingerprint density at radius 3 is 2.03 bits per heavy atom. The summed E-state index contributed by atoms with van der Waals surface area (Å²) in [6.07, 6.45) is -9.71. The molecule has 0 saturated heterocycles. The molecule has 3 aromatic carbocycles. The fraction of sp³-hybridized carbons (Fsp3) is 0.125. The Labute approximate surface area is 220 Å². The van der Waals surface area contributed by atoms with Gasteiger partial charge in [0.15, 0.2) is 5.75 Å². The number of alkyl halides is 6. The lowest BCUT2D eigenvalue weighted by Gasteiger charge is -2.21. The molecule has 0 aliphatic rings. The fourth-order valence-electron chi connectivity index (χ4n) is 3.72. The van der Waals surface area contributed by atoms with Gasteiger partial charge in [0.25, 0.3) is 0 Å². The molecule has 15 heteroatoms. The Bertz CT molecular complexity index is 1650. The van der Waals surface area contributed by atoms with Gasteiger partial charge in [-0.1, -0.05) is 11.6 Å². The van der Waals surface area contributed by atoms with Crippen molar-refractivity contribution in [2.75, 3.05) is 0 Å². The van der Waals surface area contributed by atoms with Gasteiger partial charge in [0.1, 0.15) is 11.8 Å². The minimum atomic E-state index is -5.41. The van der Waals surface area contributed by atoms with Crippen LogP contribution in [0.25, 0.3) is 10.9 Å². The third-order valence-corrected chi connectivity index (χ3v) is 7.66. The number of carboxylic acid groups (broad SMARTS) is 1. The number of benzene rings is 3. The Morgan fingerprint density at radius 1 is 0.949 bits per heavy atom. The number of H-pyrrole nitrogens is 1. The maximum Gasteiger partial charge on any atom is 0.420 e. The molecule has 206 valence electrons. The number of ether oxygens (including phenoxy) is 1. The van der Waals surface area contributed by atoms with Gasteiger partial charge in [-0.15, -0.1) is 0 Å². The minimum absolute atomic E-state index is 0.0749. The molecule has 0 bridgehead atoms. The number of aromatic nitrogens is 1. The van der Waals surface area contributed by atoms with Crippen molar-refractivity contribution in [3.63, 3.8) is 0 Å². The molecule has 0 aliphatic heterocycles. The Kier molecular flexibility index (Phi) is 7.08. The number of halogens is 7. The van der Waals surface area contributed by atoms with Gasteiger partial charge >= 0.3 is 18.3 Å². The number of sulfone groups is 1. The third kappa shape index (κ3) is 5.53. The van der Waals surface area contributed by atoms with Crippen LogP contribution in [0.4, 0.5) is 26.3 Å². The lowest BCUT2D eigenvalue weighted by Crippen LogP contribution is -2.23. The van der Waals surface area contributed by atoms with Crippen LogP contribution in [-0.4, -0.2) is 24.5 Å². The zero-order valence-corrected chi connectivity index (χ0v) is 20.6. The van der Waals surface area contributed by atoms with E-state index in [1.165, 1.54) is 30.3 Å². The van der Waals surface area contributed by atoms with E-state index >= 15 is 0 Å². The summed E-state index contributed by atoms with van der Waals surface area (Å²) in [5.74, 6) is -4.06. The molecule has 1 atom stereocenters. The molecule has 39 heavy (non-hydrogen) atoms. The first kappa shape index (κ1) is 28.3. The maximum atomic E-state index is 13.9. The van der Waals surface area contributed by atoms with Gasteiger partial charge in [-0.2, -0.15) is 26.3 Å². The van der Waals surface area contributed by atoms with Gasteiger partial charge in [0.05, 0.1) is 20.9 Å². The number of aromatic amines is 1. The molecule has 4 rings (SSSR count). The van der Waals surface area contributed by atoms with Crippen molar-refractivity contribution >= 4 is 38.3 Å². The minimum Gasteiger partial charge on any atom is -0.480 e. The molecule has 0 amide bonds. The van der Waals surface area contributed by atoms with E-state index in [0.29, 0.717) is 0 Å². The van der Waals surface area contributed by atoms with Crippen LogP contribution in [0.5, 0.6) is 11.5 Å². The normalized spacial score (nSPS) is 13.4. The van der Waals surface area contributed by atoms with Crippen LogP contribution in [0.1, 0.15) is 22.7 Å². The zero-order chi connectivity index (χ0) is 28.9. The predicted octanol–water partition coefficient (Wildman–Crippen LogP) is 6.57. The zero-order valence-electron chi connectivity index (χ0n) is 19.1. The number of carbonyl (C=O) groups is 1. The number of hydrogen-bond acceptors (Lipinski definition) is 5. The van der Waals surface area contributed by atoms with Crippen LogP contribution < -0.4 is 10.5 Å². The molecule has 1 heterocycles. The van der Waals surface area contributed by atoms with Gasteiger partial charge in [0, 0.05) is 22.1 Å². The first-order valence-electron chi connectivity index (χ1n) is 10.6. The highest BCUT2D eigenvalue weighted by molar-refractivity contribution is 7.91. The summed E-state index contributed by atoms with van der Waals surface area (Å²) in [6, 6.07) is 6.46. The molecule has 0 fully saturated rings. The van der Waals surface area contributed by atoms with Crippen molar-refractivity contribution in [1.29, 1.82) is 0 Å².